The lowest BCUT2D eigenvalue weighted by molar-refractivity contribution is 0.0949. The van der Waals surface area contributed by atoms with E-state index < -0.39 is 5.91 Å². The molecule has 0 bridgehead atoms. The van der Waals surface area contributed by atoms with Crippen molar-refractivity contribution >= 4 is 28.1 Å². The molecule has 1 amide bonds. The first-order valence-corrected chi connectivity index (χ1v) is 8.21. The highest BCUT2D eigenvalue weighted by molar-refractivity contribution is 6.06. The molecule has 0 aliphatic heterocycles. The number of carbonyl (C=O) groups excluding carboxylic acids is 1. The van der Waals surface area contributed by atoms with Crippen LogP contribution in [-0.2, 0) is 6.54 Å². The van der Waals surface area contributed by atoms with E-state index in [9.17, 15) is 9.59 Å². The van der Waals surface area contributed by atoms with Gasteiger partial charge < -0.3 is 5.73 Å². The summed E-state index contributed by atoms with van der Waals surface area (Å²) in [7, 11) is 0. The van der Waals surface area contributed by atoms with Crippen LogP contribution in [0.25, 0.3) is 10.8 Å². The minimum Gasteiger partial charge on any atom is -0.399 e. The Labute approximate surface area is 150 Å². The molecule has 0 aliphatic rings. The fourth-order valence-corrected chi connectivity index (χ4v) is 2.59. The summed E-state index contributed by atoms with van der Waals surface area (Å²) in [5.74, 6) is -0.474. The van der Waals surface area contributed by atoms with E-state index in [4.69, 9.17) is 5.73 Å². The molecular formula is C19H19N5O2. The molecule has 132 valence electrons. The minimum absolute atomic E-state index is 0.163. The number of aromatic nitrogens is 2. The Hall–Kier alpha value is -3.48. The molecule has 7 nitrogen and oxygen atoms in total. The molecule has 0 unspecified atom stereocenters. The van der Waals surface area contributed by atoms with Gasteiger partial charge in [-0.25, -0.2) is 10.1 Å². The fraction of sp³-hybridized carbons (Fsp3) is 0.158. The van der Waals surface area contributed by atoms with E-state index in [1.54, 1.807) is 50.2 Å². The maximum atomic E-state index is 12.6. The van der Waals surface area contributed by atoms with Crippen molar-refractivity contribution in [2.24, 2.45) is 5.10 Å². The van der Waals surface area contributed by atoms with Crippen molar-refractivity contribution in [3.8, 4) is 0 Å². The summed E-state index contributed by atoms with van der Waals surface area (Å²) in [6.07, 6.45) is 0. The highest BCUT2D eigenvalue weighted by Gasteiger charge is 2.16. The van der Waals surface area contributed by atoms with Crippen molar-refractivity contribution in [1.82, 2.24) is 15.2 Å². The van der Waals surface area contributed by atoms with Crippen molar-refractivity contribution < 1.29 is 4.79 Å². The largest absolute Gasteiger partial charge is 0.399 e. The van der Waals surface area contributed by atoms with Crippen LogP contribution >= 0.6 is 0 Å². The number of fused-ring (bicyclic) bond motifs is 1. The molecule has 2 aromatic carbocycles. The molecule has 3 N–H and O–H groups in total. The summed E-state index contributed by atoms with van der Waals surface area (Å²) in [6.45, 7) is 3.95. The summed E-state index contributed by atoms with van der Waals surface area (Å²) in [4.78, 5) is 25.0. The third-order valence-electron chi connectivity index (χ3n) is 4.04. The lowest BCUT2D eigenvalue weighted by Gasteiger charge is -2.09. The van der Waals surface area contributed by atoms with Gasteiger partial charge in [0.2, 0.25) is 0 Å². The van der Waals surface area contributed by atoms with Gasteiger partial charge in [-0.2, -0.15) is 10.2 Å². The van der Waals surface area contributed by atoms with Crippen molar-refractivity contribution in [3.05, 3.63) is 70.1 Å². The Morgan fingerprint density at radius 2 is 1.81 bits per heavy atom. The monoisotopic (exact) mass is 349 g/mol. The second-order valence-corrected chi connectivity index (χ2v) is 5.78. The number of benzene rings is 2. The van der Waals surface area contributed by atoms with Gasteiger partial charge in [-0.05, 0) is 37.6 Å². The van der Waals surface area contributed by atoms with E-state index in [1.165, 1.54) is 4.68 Å². The number of hydrogen-bond acceptors (Lipinski definition) is 5. The molecule has 0 saturated heterocycles. The fourth-order valence-electron chi connectivity index (χ4n) is 2.59. The quantitative estimate of drug-likeness (QED) is 0.428. The maximum Gasteiger partial charge on any atom is 0.292 e. The highest BCUT2D eigenvalue weighted by Crippen LogP contribution is 2.13. The van der Waals surface area contributed by atoms with Crippen LogP contribution in [0.5, 0.6) is 0 Å². The average Bonchev–Trinajstić information content (AvgIpc) is 2.67. The van der Waals surface area contributed by atoms with E-state index in [0.29, 0.717) is 28.7 Å². The number of anilines is 1. The Balaban J connectivity index is 1.95. The number of rotatable bonds is 4. The topological polar surface area (TPSA) is 102 Å². The second-order valence-electron chi connectivity index (χ2n) is 5.78. The van der Waals surface area contributed by atoms with E-state index in [0.717, 1.165) is 5.56 Å². The molecule has 7 heteroatoms. The minimum atomic E-state index is -0.474. The van der Waals surface area contributed by atoms with Gasteiger partial charge in [0, 0.05) is 17.6 Å². The van der Waals surface area contributed by atoms with Crippen molar-refractivity contribution in [1.29, 1.82) is 0 Å². The van der Waals surface area contributed by atoms with Gasteiger partial charge in [-0.15, -0.1) is 0 Å². The first-order chi connectivity index (χ1) is 12.5. The first-order valence-electron chi connectivity index (χ1n) is 8.21. The molecule has 0 radical (unpaired) electrons. The Morgan fingerprint density at radius 3 is 2.46 bits per heavy atom. The second kappa shape index (κ2) is 7.18. The number of hydrogen-bond donors (Lipinski definition) is 2. The molecule has 0 aliphatic carbocycles. The Bertz CT molecular complexity index is 1050. The number of hydrazone groups is 1. The van der Waals surface area contributed by atoms with Gasteiger partial charge in [0.25, 0.3) is 11.5 Å². The van der Waals surface area contributed by atoms with Gasteiger partial charge in [0.15, 0.2) is 5.69 Å². The third kappa shape index (κ3) is 3.32. The van der Waals surface area contributed by atoms with Crippen LogP contribution in [0, 0.1) is 0 Å². The van der Waals surface area contributed by atoms with Crippen molar-refractivity contribution in [2.45, 2.75) is 20.4 Å². The summed E-state index contributed by atoms with van der Waals surface area (Å²) in [5.41, 5.74) is 10.3. The standard InChI is InChI=1S/C19H19N5O2/c1-3-24-19(26)16-7-5-4-6-15(16)17(23-24)18(25)22-21-12(2)13-8-10-14(20)11-9-13/h4-11H,3,20H2,1-2H3,(H,22,25)/b21-12-. The predicted octanol–water partition coefficient (Wildman–Crippen LogP) is 2.15. The van der Waals surface area contributed by atoms with Gasteiger partial charge >= 0.3 is 0 Å². The molecule has 3 aromatic rings. The van der Waals surface area contributed by atoms with Crippen molar-refractivity contribution in [3.63, 3.8) is 0 Å². The van der Waals surface area contributed by atoms with Crippen LogP contribution in [0.3, 0.4) is 0 Å². The lowest BCUT2D eigenvalue weighted by atomic mass is 10.1. The highest BCUT2D eigenvalue weighted by atomic mass is 16.2. The lowest BCUT2D eigenvalue weighted by Crippen LogP contribution is -2.28. The number of carbonyl (C=O) groups is 1. The maximum absolute atomic E-state index is 12.6. The first kappa shape index (κ1) is 17.3. The normalized spacial score (nSPS) is 11.5. The van der Waals surface area contributed by atoms with Crippen LogP contribution in [0.2, 0.25) is 0 Å². The van der Waals surface area contributed by atoms with E-state index in [1.807, 2.05) is 12.1 Å². The van der Waals surface area contributed by atoms with Crippen LogP contribution in [0.1, 0.15) is 29.9 Å². The SMILES string of the molecule is CCn1nc(C(=O)N/N=C(/C)c2ccc(N)cc2)c2ccccc2c1=O. The summed E-state index contributed by atoms with van der Waals surface area (Å²) >= 11 is 0. The zero-order chi connectivity index (χ0) is 18.7. The van der Waals surface area contributed by atoms with Gasteiger partial charge in [0.05, 0.1) is 11.1 Å². The van der Waals surface area contributed by atoms with Gasteiger partial charge in [-0.1, -0.05) is 30.3 Å². The number of nitrogens with two attached hydrogens (primary N) is 1. The molecule has 26 heavy (non-hydrogen) atoms. The molecule has 0 atom stereocenters. The van der Waals surface area contributed by atoms with E-state index in [-0.39, 0.29) is 11.3 Å². The zero-order valence-electron chi connectivity index (χ0n) is 14.6. The molecule has 3 rings (SSSR count). The van der Waals surface area contributed by atoms with E-state index >= 15 is 0 Å². The summed E-state index contributed by atoms with van der Waals surface area (Å²) in [6, 6.07) is 14.1. The number of nitrogen functional groups attached to an aromatic ring is 1. The molecule has 0 saturated carbocycles. The van der Waals surface area contributed by atoms with E-state index in [2.05, 4.69) is 15.6 Å². The van der Waals surface area contributed by atoms with Gasteiger partial charge in [-0.3, -0.25) is 9.59 Å². The molecule has 0 spiro atoms. The smallest absolute Gasteiger partial charge is 0.292 e. The van der Waals surface area contributed by atoms with Crippen LogP contribution in [-0.4, -0.2) is 21.4 Å². The number of amides is 1. The summed E-state index contributed by atoms with van der Waals surface area (Å²) < 4.78 is 1.27. The molecule has 0 fully saturated rings. The van der Waals surface area contributed by atoms with Crippen molar-refractivity contribution in [2.75, 3.05) is 5.73 Å². The Kier molecular flexibility index (Phi) is 4.79. The summed E-state index contributed by atoms with van der Waals surface area (Å²) in [5, 5.41) is 9.27. The number of nitrogens with zero attached hydrogens (tertiary/aromatic N) is 3. The van der Waals surface area contributed by atoms with Crippen LogP contribution < -0.4 is 16.7 Å². The molecule has 1 heterocycles. The average molecular weight is 349 g/mol. The third-order valence-corrected chi connectivity index (χ3v) is 4.04. The van der Waals surface area contributed by atoms with Crippen LogP contribution in [0.4, 0.5) is 5.69 Å². The van der Waals surface area contributed by atoms with Crippen LogP contribution in [0.15, 0.2) is 58.4 Å². The Morgan fingerprint density at radius 1 is 1.15 bits per heavy atom. The zero-order valence-corrected chi connectivity index (χ0v) is 14.6. The number of aryl methyl sites for hydroxylation is 1. The molecular weight excluding hydrogens is 330 g/mol. The van der Waals surface area contributed by atoms with Gasteiger partial charge in [0.1, 0.15) is 0 Å². The molecule has 1 aromatic heterocycles. The predicted molar refractivity (Wildman–Crippen MR) is 102 cm³/mol. The number of nitrogens with one attached hydrogen (secondary N) is 1.